The standard InChI is InChI=1S/C17H18FNO2/c1-11-5-4-6-15(9-11)21-13(3)17(20)19-16-10-14(18)8-7-12(16)2/h4-10,13H,1-3H3,(H,19,20)/t13-/m0/s1. The van der Waals surface area contributed by atoms with Crippen molar-refractivity contribution in [3.8, 4) is 5.75 Å². The van der Waals surface area contributed by atoms with E-state index in [1.807, 2.05) is 25.1 Å². The number of rotatable bonds is 4. The molecule has 0 unspecified atom stereocenters. The molecule has 0 radical (unpaired) electrons. The van der Waals surface area contributed by atoms with Crippen molar-refractivity contribution in [3.63, 3.8) is 0 Å². The molecule has 110 valence electrons. The van der Waals surface area contributed by atoms with E-state index >= 15 is 0 Å². The van der Waals surface area contributed by atoms with Gasteiger partial charge in [-0.25, -0.2) is 4.39 Å². The lowest BCUT2D eigenvalue weighted by Gasteiger charge is -2.16. The Morgan fingerprint density at radius 1 is 1.19 bits per heavy atom. The lowest BCUT2D eigenvalue weighted by Crippen LogP contribution is -2.30. The van der Waals surface area contributed by atoms with E-state index in [2.05, 4.69) is 5.32 Å². The van der Waals surface area contributed by atoms with E-state index in [0.717, 1.165) is 11.1 Å². The maximum atomic E-state index is 13.2. The van der Waals surface area contributed by atoms with Crippen molar-refractivity contribution in [1.82, 2.24) is 0 Å². The molecule has 1 amide bonds. The Bertz CT molecular complexity index is 655. The first kappa shape index (κ1) is 15.0. The lowest BCUT2D eigenvalue weighted by atomic mass is 10.2. The first-order valence-electron chi connectivity index (χ1n) is 6.76. The SMILES string of the molecule is Cc1cccc(O[C@@H](C)C(=O)Nc2cc(F)ccc2C)c1. The zero-order chi connectivity index (χ0) is 15.4. The van der Waals surface area contributed by atoms with Crippen LogP contribution in [0.5, 0.6) is 5.75 Å². The number of carbonyl (C=O) groups excluding carboxylic acids is 1. The Morgan fingerprint density at radius 3 is 2.67 bits per heavy atom. The minimum absolute atomic E-state index is 0.315. The number of nitrogens with one attached hydrogen (secondary N) is 1. The van der Waals surface area contributed by atoms with Crippen LogP contribution in [0.15, 0.2) is 42.5 Å². The van der Waals surface area contributed by atoms with Gasteiger partial charge in [-0.05, 0) is 56.2 Å². The highest BCUT2D eigenvalue weighted by Crippen LogP contribution is 2.18. The molecule has 0 saturated carbocycles. The highest BCUT2D eigenvalue weighted by atomic mass is 19.1. The van der Waals surface area contributed by atoms with Crippen LogP contribution >= 0.6 is 0 Å². The number of halogens is 1. The van der Waals surface area contributed by atoms with E-state index in [4.69, 9.17) is 4.74 Å². The van der Waals surface area contributed by atoms with Crippen molar-refractivity contribution in [3.05, 3.63) is 59.4 Å². The first-order chi connectivity index (χ1) is 9.95. The Morgan fingerprint density at radius 2 is 1.95 bits per heavy atom. The summed E-state index contributed by atoms with van der Waals surface area (Å²) in [5.74, 6) is -0.0676. The van der Waals surface area contributed by atoms with Crippen LogP contribution in [0, 0.1) is 19.7 Å². The molecule has 0 aliphatic heterocycles. The second kappa shape index (κ2) is 6.39. The first-order valence-corrected chi connectivity index (χ1v) is 6.76. The van der Waals surface area contributed by atoms with Crippen LogP contribution in [0.25, 0.3) is 0 Å². The fourth-order valence-electron chi connectivity index (χ4n) is 1.91. The van der Waals surface area contributed by atoms with E-state index in [9.17, 15) is 9.18 Å². The van der Waals surface area contributed by atoms with Crippen molar-refractivity contribution >= 4 is 11.6 Å². The highest BCUT2D eigenvalue weighted by molar-refractivity contribution is 5.94. The van der Waals surface area contributed by atoms with Crippen molar-refractivity contribution < 1.29 is 13.9 Å². The van der Waals surface area contributed by atoms with Crippen LogP contribution < -0.4 is 10.1 Å². The Labute approximate surface area is 123 Å². The van der Waals surface area contributed by atoms with E-state index < -0.39 is 6.10 Å². The number of aryl methyl sites for hydroxylation is 2. The summed E-state index contributed by atoms with van der Waals surface area (Å²) in [4.78, 5) is 12.1. The van der Waals surface area contributed by atoms with Gasteiger partial charge in [0, 0.05) is 5.69 Å². The van der Waals surface area contributed by atoms with Crippen LogP contribution in [0.4, 0.5) is 10.1 Å². The van der Waals surface area contributed by atoms with Crippen LogP contribution in [0.1, 0.15) is 18.1 Å². The predicted molar refractivity (Wildman–Crippen MR) is 81.0 cm³/mol. The van der Waals surface area contributed by atoms with Gasteiger partial charge < -0.3 is 10.1 Å². The molecule has 0 aliphatic carbocycles. The predicted octanol–water partition coefficient (Wildman–Crippen LogP) is 3.85. The molecular weight excluding hydrogens is 269 g/mol. The van der Waals surface area contributed by atoms with Gasteiger partial charge in [0.25, 0.3) is 5.91 Å². The molecule has 3 nitrogen and oxygen atoms in total. The average molecular weight is 287 g/mol. The molecule has 0 fully saturated rings. The minimum Gasteiger partial charge on any atom is -0.481 e. The van der Waals surface area contributed by atoms with E-state index in [0.29, 0.717) is 11.4 Å². The molecule has 0 aliphatic rings. The topological polar surface area (TPSA) is 38.3 Å². The molecule has 4 heteroatoms. The summed E-state index contributed by atoms with van der Waals surface area (Å²) in [5, 5.41) is 2.68. The number of anilines is 1. The van der Waals surface area contributed by atoms with Crippen LogP contribution in [0.2, 0.25) is 0 Å². The van der Waals surface area contributed by atoms with E-state index in [1.165, 1.54) is 12.1 Å². The smallest absolute Gasteiger partial charge is 0.265 e. The quantitative estimate of drug-likeness (QED) is 0.927. The van der Waals surface area contributed by atoms with E-state index in [-0.39, 0.29) is 11.7 Å². The minimum atomic E-state index is -0.672. The number of hydrogen-bond donors (Lipinski definition) is 1. The highest BCUT2D eigenvalue weighted by Gasteiger charge is 2.16. The van der Waals surface area contributed by atoms with Gasteiger partial charge >= 0.3 is 0 Å². The molecule has 0 heterocycles. The summed E-state index contributed by atoms with van der Waals surface area (Å²) in [7, 11) is 0. The average Bonchev–Trinajstić information content (AvgIpc) is 2.43. The second-order valence-electron chi connectivity index (χ2n) is 5.03. The zero-order valence-electron chi connectivity index (χ0n) is 12.3. The third-order valence-electron chi connectivity index (χ3n) is 3.13. The molecule has 2 aromatic rings. The summed E-state index contributed by atoms with van der Waals surface area (Å²) in [6.07, 6.45) is -0.672. The summed E-state index contributed by atoms with van der Waals surface area (Å²) in [6, 6.07) is 11.8. The van der Waals surface area contributed by atoms with E-state index in [1.54, 1.807) is 26.0 Å². The summed E-state index contributed by atoms with van der Waals surface area (Å²) >= 11 is 0. The molecule has 21 heavy (non-hydrogen) atoms. The lowest BCUT2D eigenvalue weighted by molar-refractivity contribution is -0.122. The van der Waals surface area contributed by atoms with Crippen molar-refractivity contribution in [1.29, 1.82) is 0 Å². The number of hydrogen-bond acceptors (Lipinski definition) is 2. The summed E-state index contributed by atoms with van der Waals surface area (Å²) < 4.78 is 18.8. The van der Waals surface area contributed by atoms with Crippen molar-refractivity contribution in [2.45, 2.75) is 26.9 Å². The Hall–Kier alpha value is -2.36. The van der Waals surface area contributed by atoms with Gasteiger partial charge in [-0.3, -0.25) is 4.79 Å². The molecule has 1 atom stereocenters. The van der Waals surface area contributed by atoms with Crippen molar-refractivity contribution in [2.75, 3.05) is 5.32 Å². The van der Waals surface area contributed by atoms with Gasteiger partial charge in [0.1, 0.15) is 11.6 Å². The summed E-state index contributed by atoms with van der Waals surface area (Å²) in [6.45, 7) is 5.42. The molecule has 0 saturated heterocycles. The third kappa shape index (κ3) is 4.05. The van der Waals surface area contributed by atoms with Crippen LogP contribution in [0.3, 0.4) is 0 Å². The Kier molecular flexibility index (Phi) is 4.58. The maximum Gasteiger partial charge on any atom is 0.265 e. The van der Waals surface area contributed by atoms with Crippen molar-refractivity contribution in [2.24, 2.45) is 0 Å². The molecule has 0 aromatic heterocycles. The van der Waals surface area contributed by atoms with Gasteiger partial charge in [-0.15, -0.1) is 0 Å². The molecule has 2 rings (SSSR count). The maximum absolute atomic E-state index is 13.2. The van der Waals surface area contributed by atoms with Gasteiger partial charge in [-0.1, -0.05) is 18.2 Å². The van der Waals surface area contributed by atoms with Gasteiger partial charge in [-0.2, -0.15) is 0 Å². The number of carbonyl (C=O) groups is 1. The third-order valence-corrected chi connectivity index (χ3v) is 3.13. The molecule has 0 bridgehead atoms. The monoisotopic (exact) mass is 287 g/mol. The summed E-state index contributed by atoms with van der Waals surface area (Å²) in [5.41, 5.74) is 2.31. The zero-order valence-corrected chi connectivity index (χ0v) is 12.3. The molecule has 1 N–H and O–H groups in total. The normalized spacial score (nSPS) is 11.8. The second-order valence-corrected chi connectivity index (χ2v) is 5.03. The van der Waals surface area contributed by atoms with Gasteiger partial charge in [0.05, 0.1) is 0 Å². The molecule has 2 aromatic carbocycles. The number of ether oxygens (including phenoxy) is 1. The fourth-order valence-corrected chi connectivity index (χ4v) is 1.91. The van der Waals surface area contributed by atoms with Crippen LogP contribution in [-0.4, -0.2) is 12.0 Å². The molecular formula is C17H18FNO2. The van der Waals surface area contributed by atoms with Gasteiger partial charge in [0.2, 0.25) is 0 Å². The molecule has 0 spiro atoms. The number of benzene rings is 2. The van der Waals surface area contributed by atoms with Gasteiger partial charge in [0.15, 0.2) is 6.10 Å². The number of amides is 1. The fraction of sp³-hybridized carbons (Fsp3) is 0.235. The Balaban J connectivity index is 2.04. The largest absolute Gasteiger partial charge is 0.481 e. The van der Waals surface area contributed by atoms with Crippen LogP contribution in [-0.2, 0) is 4.79 Å².